The largest absolute Gasteiger partial charge is 0.453 e. The number of nitrogens with zero attached hydrogens (tertiary/aromatic N) is 1. The number of anilines is 3. The molecule has 1 aliphatic heterocycles. The summed E-state index contributed by atoms with van der Waals surface area (Å²) in [7, 11) is 0. The van der Waals surface area contributed by atoms with Gasteiger partial charge in [0.1, 0.15) is 0 Å². The molecule has 0 aromatic heterocycles. The van der Waals surface area contributed by atoms with E-state index in [-0.39, 0.29) is 0 Å². The number of ether oxygens (including phenoxy) is 1. The first-order valence-electron chi connectivity index (χ1n) is 8.30. The Labute approximate surface area is 143 Å². The Morgan fingerprint density at radius 3 is 2.08 bits per heavy atom. The lowest BCUT2D eigenvalue weighted by Crippen LogP contribution is -2.18. The number of hydrogen-bond donors (Lipinski definition) is 0. The summed E-state index contributed by atoms with van der Waals surface area (Å²) in [6.45, 7) is 8.60. The molecule has 0 aliphatic carbocycles. The van der Waals surface area contributed by atoms with E-state index < -0.39 is 0 Å². The number of benzene rings is 3. The van der Waals surface area contributed by atoms with Gasteiger partial charge >= 0.3 is 0 Å². The molecule has 0 radical (unpaired) electrons. The quantitative estimate of drug-likeness (QED) is 0.398. The monoisotopic (exact) mass is 315 g/mol. The Balaban J connectivity index is 2.02. The zero-order valence-electron chi connectivity index (χ0n) is 14.6. The fraction of sp³-hybridized carbons (Fsp3) is 0.182. The summed E-state index contributed by atoms with van der Waals surface area (Å²) in [5, 5.41) is 0. The number of fused-ring (bicyclic) bond motifs is 2. The van der Waals surface area contributed by atoms with Gasteiger partial charge in [0, 0.05) is 0 Å². The second-order valence-corrected chi connectivity index (χ2v) is 6.62. The van der Waals surface area contributed by atoms with Crippen LogP contribution in [0.25, 0.3) is 0 Å². The zero-order chi connectivity index (χ0) is 16.8. The Hall–Kier alpha value is -2.74. The van der Waals surface area contributed by atoms with E-state index >= 15 is 0 Å². The summed E-state index contributed by atoms with van der Waals surface area (Å²) in [6.07, 6.45) is 0. The van der Waals surface area contributed by atoms with Crippen LogP contribution in [0, 0.1) is 27.7 Å². The molecule has 0 amide bonds. The first-order chi connectivity index (χ1) is 11.5. The molecule has 0 unspecified atom stereocenters. The summed E-state index contributed by atoms with van der Waals surface area (Å²) >= 11 is 0. The van der Waals surface area contributed by atoms with Gasteiger partial charge in [0.2, 0.25) is 0 Å². The van der Waals surface area contributed by atoms with Gasteiger partial charge in [0.05, 0.1) is 17.1 Å². The Kier molecular flexibility index (Phi) is 3.34. The van der Waals surface area contributed by atoms with Crippen LogP contribution in [0.15, 0.2) is 54.6 Å². The van der Waals surface area contributed by atoms with E-state index in [1.165, 1.54) is 27.9 Å². The molecule has 0 N–H and O–H groups in total. The molecule has 2 nitrogen and oxygen atoms in total. The van der Waals surface area contributed by atoms with Crippen molar-refractivity contribution in [1.82, 2.24) is 0 Å². The highest BCUT2D eigenvalue weighted by Gasteiger charge is 2.27. The standard InChI is InChI=1S/C22H21NO/c1-14-9-10-19-21(13-14)24-20-8-6-5-7-18(20)23(19)22-16(3)11-15(2)12-17(22)4/h5-13H,1-4H3. The van der Waals surface area contributed by atoms with E-state index in [2.05, 4.69) is 75.1 Å². The number of hydrogen-bond acceptors (Lipinski definition) is 2. The van der Waals surface area contributed by atoms with Crippen LogP contribution in [-0.2, 0) is 0 Å². The molecule has 0 spiro atoms. The predicted octanol–water partition coefficient (Wildman–Crippen LogP) is 6.50. The van der Waals surface area contributed by atoms with Gasteiger partial charge < -0.3 is 9.64 Å². The van der Waals surface area contributed by atoms with E-state index in [0.29, 0.717) is 0 Å². The molecule has 2 heteroatoms. The maximum absolute atomic E-state index is 6.17. The fourth-order valence-electron chi connectivity index (χ4n) is 3.63. The first kappa shape index (κ1) is 14.8. The lowest BCUT2D eigenvalue weighted by Gasteiger charge is -2.35. The van der Waals surface area contributed by atoms with Crippen LogP contribution in [0.2, 0.25) is 0 Å². The number of rotatable bonds is 1. The minimum absolute atomic E-state index is 0.898. The predicted molar refractivity (Wildman–Crippen MR) is 100 cm³/mol. The molecule has 120 valence electrons. The van der Waals surface area contributed by atoms with E-state index in [1.807, 2.05) is 12.1 Å². The molecule has 0 atom stereocenters. The van der Waals surface area contributed by atoms with Gasteiger partial charge in [-0.2, -0.15) is 0 Å². The molecule has 3 aromatic rings. The van der Waals surface area contributed by atoms with Crippen molar-refractivity contribution >= 4 is 17.1 Å². The van der Waals surface area contributed by atoms with Crippen molar-refractivity contribution in [3.05, 3.63) is 76.9 Å². The van der Waals surface area contributed by atoms with Crippen molar-refractivity contribution in [3.63, 3.8) is 0 Å². The van der Waals surface area contributed by atoms with Gasteiger partial charge in [-0.25, -0.2) is 0 Å². The molecule has 1 aliphatic rings. The third kappa shape index (κ3) is 2.26. The number of para-hydroxylation sites is 2. The summed E-state index contributed by atoms with van der Waals surface area (Å²) in [6, 6.07) is 19.1. The van der Waals surface area contributed by atoms with E-state index in [0.717, 1.165) is 22.9 Å². The van der Waals surface area contributed by atoms with Crippen molar-refractivity contribution in [3.8, 4) is 11.5 Å². The fourth-order valence-corrected chi connectivity index (χ4v) is 3.63. The van der Waals surface area contributed by atoms with Crippen LogP contribution in [0.4, 0.5) is 17.1 Å². The van der Waals surface area contributed by atoms with Crippen molar-refractivity contribution in [2.45, 2.75) is 27.7 Å². The smallest absolute Gasteiger partial charge is 0.151 e. The van der Waals surface area contributed by atoms with E-state index in [1.54, 1.807) is 0 Å². The lowest BCUT2D eigenvalue weighted by atomic mass is 10.0. The van der Waals surface area contributed by atoms with Crippen molar-refractivity contribution < 1.29 is 4.74 Å². The lowest BCUT2D eigenvalue weighted by molar-refractivity contribution is 0.476. The molecule has 3 aromatic carbocycles. The van der Waals surface area contributed by atoms with Crippen LogP contribution in [-0.4, -0.2) is 0 Å². The van der Waals surface area contributed by atoms with Crippen molar-refractivity contribution in [2.75, 3.05) is 4.90 Å². The third-order valence-electron chi connectivity index (χ3n) is 4.54. The maximum Gasteiger partial charge on any atom is 0.151 e. The van der Waals surface area contributed by atoms with Crippen molar-refractivity contribution in [1.29, 1.82) is 0 Å². The molecule has 0 saturated heterocycles. The molecule has 1 heterocycles. The molecule has 0 saturated carbocycles. The molecular formula is C22H21NO. The summed E-state index contributed by atoms with van der Waals surface area (Å²) in [5.74, 6) is 1.81. The van der Waals surface area contributed by atoms with Crippen LogP contribution in [0.1, 0.15) is 22.3 Å². The van der Waals surface area contributed by atoms with E-state index in [4.69, 9.17) is 4.74 Å². The highest BCUT2D eigenvalue weighted by Crippen LogP contribution is 2.51. The minimum Gasteiger partial charge on any atom is -0.453 e. The zero-order valence-corrected chi connectivity index (χ0v) is 14.6. The Morgan fingerprint density at radius 1 is 0.667 bits per heavy atom. The second-order valence-electron chi connectivity index (χ2n) is 6.62. The summed E-state index contributed by atoms with van der Waals surface area (Å²) < 4.78 is 6.17. The SMILES string of the molecule is Cc1cc(C)c(N2c3ccccc3Oc3cc(C)ccc32)c(C)c1. The molecule has 4 rings (SSSR count). The molecule has 0 fully saturated rings. The summed E-state index contributed by atoms with van der Waals surface area (Å²) in [5.41, 5.74) is 8.45. The van der Waals surface area contributed by atoms with Gasteiger partial charge in [-0.3, -0.25) is 0 Å². The third-order valence-corrected chi connectivity index (χ3v) is 4.54. The summed E-state index contributed by atoms with van der Waals surface area (Å²) in [4.78, 5) is 2.33. The average Bonchev–Trinajstić information content (AvgIpc) is 2.53. The Morgan fingerprint density at radius 2 is 1.33 bits per heavy atom. The van der Waals surface area contributed by atoms with Gasteiger partial charge in [-0.1, -0.05) is 35.9 Å². The van der Waals surface area contributed by atoms with Crippen LogP contribution in [0.5, 0.6) is 11.5 Å². The number of aryl methyl sites for hydroxylation is 4. The molecule has 24 heavy (non-hydrogen) atoms. The normalized spacial score (nSPS) is 12.4. The second kappa shape index (κ2) is 5.41. The highest BCUT2D eigenvalue weighted by molar-refractivity contribution is 5.88. The van der Waals surface area contributed by atoms with Crippen LogP contribution in [0.3, 0.4) is 0 Å². The average molecular weight is 315 g/mol. The Bertz CT molecular complexity index is 919. The molecular weight excluding hydrogens is 294 g/mol. The van der Waals surface area contributed by atoms with Gasteiger partial charge in [0.25, 0.3) is 0 Å². The molecule has 0 bridgehead atoms. The van der Waals surface area contributed by atoms with Gasteiger partial charge in [-0.15, -0.1) is 0 Å². The van der Waals surface area contributed by atoms with Crippen LogP contribution >= 0.6 is 0 Å². The van der Waals surface area contributed by atoms with Gasteiger partial charge in [0.15, 0.2) is 11.5 Å². The van der Waals surface area contributed by atoms with Crippen LogP contribution < -0.4 is 9.64 Å². The maximum atomic E-state index is 6.17. The topological polar surface area (TPSA) is 12.5 Å². The minimum atomic E-state index is 0.898. The van der Waals surface area contributed by atoms with Crippen molar-refractivity contribution in [2.24, 2.45) is 0 Å². The highest BCUT2D eigenvalue weighted by atomic mass is 16.5. The van der Waals surface area contributed by atoms with Gasteiger partial charge in [-0.05, 0) is 68.7 Å². The first-order valence-corrected chi connectivity index (χ1v) is 8.30. The van der Waals surface area contributed by atoms with E-state index in [9.17, 15) is 0 Å².